The van der Waals surface area contributed by atoms with Crippen LogP contribution in [-0.4, -0.2) is 14.5 Å². The summed E-state index contributed by atoms with van der Waals surface area (Å²) in [5, 5.41) is 5.93. The molecule has 0 unspecified atom stereocenters. The first-order valence-corrected chi connectivity index (χ1v) is 22.8. The Morgan fingerprint density at radius 3 is 1.91 bits per heavy atom. The van der Waals surface area contributed by atoms with Gasteiger partial charge < -0.3 is 9.47 Å². The molecule has 10 aromatic carbocycles. The van der Waals surface area contributed by atoms with E-state index in [-0.39, 0.29) is 0 Å². The van der Waals surface area contributed by atoms with Gasteiger partial charge in [0.05, 0.1) is 33.6 Å². The minimum atomic E-state index is 0.689. The SMILES string of the molecule is c1ccc(-c2ccc(-c3nc(-c4cccc(-n5c6ccc7ccccc7c6c6cccc(-c7ccc8c(c7)Sc7ccccc7N8c7ccccc7)c65)c4)nc4ccccc34)cc2)cc1. The Kier molecular flexibility index (Phi) is 8.74. The number of fused-ring (bicyclic) bond motifs is 8. The maximum absolute atomic E-state index is 5.36. The molecule has 0 radical (unpaired) electrons. The van der Waals surface area contributed by atoms with Crippen molar-refractivity contribution in [3.05, 3.63) is 231 Å². The van der Waals surface area contributed by atoms with Crippen LogP contribution in [0.1, 0.15) is 0 Å². The van der Waals surface area contributed by atoms with Gasteiger partial charge in [0.2, 0.25) is 0 Å². The van der Waals surface area contributed by atoms with Crippen molar-refractivity contribution in [1.29, 1.82) is 0 Å². The molecule has 0 amide bonds. The number of benzene rings is 10. The fraction of sp³-hybridized carbons (Fsp3) is 0. The molecule has 0 bridgehead atoms. The molecule has 0 N–H and O–H groups in total. The monoisotopic (exact) mass is 846 g/mol. The van der Waals surface area contributed by atoms with Crippen LogP contribution < -0.4 is 4.90 Å². The second kappa shape index (κ2) is 15.2. The highest BCUT2D eigenvalue weighted by Gasteiger charge is 2.26. The van der Waals surface area contributed by atoms with E-state index < -0.39 is 0 Å². The van der Waals surface area contributed by atoms with Gasteiger partial charge in [-0.3, -0.25) is 0 Å². The fourth-order valence-corrected chi connectivity index (χ4v) is 10.9. The van der Waals surface area contributed by atoms with Crippen molar-refractivity contribution in [1.82, 2.24) is 14.5 Å². The molecule has 65 heavy (non-hydrogen) atoms. The summed E-state index contributed by atoms with van der Waals surface area (Å²) in [6.45, 7) is 0. The molecule has 13 rings (SSSR count). The van der Waals surface area contributed by atoms with Gasteiger partial charge in [0.15, 0.2) is 5.82 Å². The molecule has 0 atom stereocenters. The second-order valence-corrected chi connectivity index (χ2v) is 17.6. The van der Waals surface area contributed by atoms with Crippen molar-refractivity contribution >= 4 is 72.3 Å². The summed E-state index contributed by atoms with van der Waals surface area (Å²) in [4.78, 5) is 15.4. The van der Waals surface area contributed by atoms with Gasteiger partial charge in [0.1, 0.15) is 0 Å². The Morgan fingerprint density at radius 1 is 0.385 bits per heavy atom. The van der Waals surface area contributed by atoms with Gasteiger partial charge in [0.25, 0.3) is 0 Å². The van der Waals surface area contributed by atoms with E-state index in [2.05, 4.69) is 240 Å². The van der Waals surface area contributed by atoms with Crippen LogP contribution in [0.25, 0.3) is 94.1 Å². The predicted octanol–water partition coefficient (Wildman–Crippen LogP) is 16.5. The highest BCUT2D eigenvalue weighted by Crippen LogP contribution is 2.53. The largest absolute Gasteiger partial charge is 0.309 e. The third-order valence-corrected chi connectivity index (χ3v) is 13.9. The van der Waals surface area contributed by atoms with Crippen LogP contribution in [0, 0.1) is 0 Å². The van der Waals surface area contributed by atoms with Gasteiger partial charge in [-0.15, -0.1) is 0 Å². The lowest BCUT2D eigenvalue weighted by Gasteiger charge is -2.33. The van der Waals surface area contributed by atoms with E-state index in [0.717, 1.165) is 50.1 Å². The van der Waals surface area contributed by atoms with Crippen molar-refractivity contribution in [2.45, 2.75) is 9.79 Å². The van der Waals surface area contributed by atoms with Crippen molar-refractivity contribution < 1.29 is 0 Å². The number of para-hydroxylation sites is 4. The highest BCUT2D eigenvalue weighted by atomic mass is 32.2. The highest BCUT2D eigenvalue weighted by molar-refractivity contribution is 7.99. The van der Waals surface area contributed by atoms with E-state index in [1.165, 1.54) is 65.0 Å². The van der Waals surface area contributed by atoms with E-state index in [4.69, 9.17) is 9.97 Å². The minimum absolute atomic E-state index is 0.689. The van der Waals surface area contributed by atoms with Crippen LogP contribution in [0.15, 0.2) is 240 Å². The quantitative estimate of drug-likeness (QED) is 0.167. The van der Waals surface area contributed by atoms with Crippen LogP contribution in [0.2, 0.25) is 0 Å². The molecular weight excluding hydrogens is 809 g/mol. The number of aromatic nitrogens is 3. The Labute approximate surface area is 380 Å². The molecule has 12 aromatic rings. The Morgan fingerprint density at radius 2 is 1.03 bits per heavy atom. The number of nitrogens with zero attached hydrogens (tertiary/aromatic N) is 4. The van der Waals surface area contributed by atoms with E-state index in [9.17, 15) is 0 Å². The molecule has 3 heterocycles. The molecule has 5 heteroatoms. The fourth-order valence-electron chi connectivity index (χ4n) is 9.78. The lowest BCUT2D eigenvalue weighted by molar-refractivity contribution is 1.16. The first-order chi connectivity index (χ1) is 32.2. The van der Waals surface area contributed by atoms with Gasteiger partial charge in [0, 0.05) is 54.0 Å². The summed E-state index contributed by atoms with van der Waals surface area (Å²) in [5.41, 5.74) is 15.4. The lowest BCUT2D eigenvalue weighted by atomic mass is 9.99. The molecule has 304 valence electrons. The van der Waals surface area contributed by atoms with E-state index in [1.807, 2.05) is 11.8 Å². The number of rotatable bonds is 6. The third kappa shape index (κ3) is 6.23. The molecular formula is C60H38N4S. The molecule has 1 aliphatic heterocycles. The molecule has 0 fully saturated rings. The minimum Gasteiger partial charge on any atom is -0.309 e. The molecule has 0 saturated carbocycles. The third-order valence-electron chi connectivity index (χ3n) is 12.8. The van der Waals surface area contributed by atoms with Crippen molar-refractivity contribution in [2.75, 3.05) is 4.90 Å². The molecule has 2 aromatic heterocycles. The molecule has 0 aliphatic carbocycles. The normalized spacial score (nSPS) is 12.2. The maximum atomic E-state index is 5.36. The zero-order valence-corrected chi connectivity index (χ0v) is 36.0. The first kappa shape index (κ1) is 37.3. The summed E-state index contributed by atoms with van der Waals surface area (Å²) in [7, 11) is 0. The van der Waals surface area contributed by atoms with Crippen LogP contribution in [-0.2, 0) is 0 Å². The topological polar surface area (TPSA) is 34.0 Å². The summed E-state index contributed by atoms with van der Waals surface area (Å²) in [6.07, 6.45) is 0. The predicted molar refractivity (Wildman–Crippen MR) is 272 cm³/mol. The summed E-state index contributed by atoms with van der Waals surface area (Å²) in [6, 6.07) is 82.8. The van der Waals surface area contributed by atoms with Crippen LogP contribution >= 0.6 is 11.8 Å². The van der Waals surface area contributed by atoms with Crippen molar-refractivity contribution in [3.8, 4) is 50.6 Å². The maximum Gasteiger partial charge on any atom is 0.160 e. The zero-order chi connectivity index (χ0) is 42.8. The number of hydrogen-bond donors (Lipinski definition) is 0. The van der Waals surface area contributed by atoms with Gasteiger partial charge in [-0.2, -0.15) is 0 Å². The van der Waals surface area contributed by atoms with Crippen LogP contribution in [0.4, 0.5) is 17.1 Å². The Hall–Kier alpha value is -8.25. The Bertz CT molecular complexity index is 3800. The number of hydrogen-bond acceptors (Lipinski definition) is 4. The lowest BCUT2D eigenvalue weighted by Crippen LogP contribution is -2.14. The smallest absolute Gasteiger partial charge is 0.160 e. The van der Waals surface area contributed by atoms with Crippen LogP contribution in [0.5, 0.6) is 0 Å². The Balaban J connectivity index is 0.994. The standard InChI is InChI=1S/C60H38N4S/c1-3-15-39(16-4-1)40-29-31-42(32-30-40)58-49-23-9-10-26-51(49)61-60(62-58)44-18-13-21-46(37-44)64-54-36-33-41-17-7-8-22-47(41)57(54)50-25-14-24-48(59(50)64)43-34-35-53-56(38-43)65-55-28-12-11-27-52(55)63(53)45-19-5-2-6-20-45/h1-38H. The molecule has 4 nitrogen and oxygen atoms in total. The first-order valence-electron chi connectivity index (χ1n) is 22.0. The zero-order valence-electron chi connectivity index (χ0n) is 35.1. The summed E-state index contributed by atoms with van der Waals surface area (Å²) < 4.78 is 2.46. The summed E-state index contributed by atoms with van der Waals surface area (Å²) in [5.74, 6) is 0.689. The van der Waals surface area contributed by atoms with Gasteiger partial charge in [-0.1, -0.05) is 182 Å². The average molecular weight is 847 g/mol. The average Bonchev–Trinajstić information content (AvgIpc) is 3.73. The van der Waals surface area contributed by atoms with E-state index >= 15 is 0 Å². The van der Waals surface area contributed by atoms with Crippen LogP contribution in [0.3, 0.4) is 0 Å². The number of anilines is 3. The second-order valence-electron chi connectivity index (χ2n) is 16.5. The van der Waals surface area contributed by atoms with Crippen molar-refractivity contribution in [3.63, 3.8) is 0 Å². The summed E-state index contributed by atoms with van der Waals surface area (Å²) >= 11 is 1.84. The van der Waals surface area contributed by atoms with E-state index in [0.29, 0.717) is 5.82 Å². The van der Waals surface area contributed by atoms with Gasteiger partial charge >= 0.3 is 0 Å². The van der Waals surface area contributed by atoms with E-state index in [1.54, 1.807) is 0 Å². The molecule has 0 spiro atoms. The molecule has 1 aliphatic rings. The van der Waals surface area contributed by atoms with Gasteiger partial charge in [-0.25, -0.2) is 9.97 Å². The van der Waals surface area contributed by atoms with Gasteiger partial charge in [-0.05, 0) is 88.1 Å². The molecule has 0 saturated heterocycles. The van der Waals surface area contributed by atoms with Crippen molar-refractivity contribution in [2.24, 2.45) is 0 Å².